The van der Waals surface area contributed by atoms with Gasteiger partial charge in [0.15, 0.2) is 5.54 Å². The largest absolute Gasteiger partial charge is 0.356 e. The molecular weight excluding hydrogens is 354 g/mol. The Kier molecular flexibility index (Phi) is 3.58. The molecule has 0 unspecified atom stereocenters. The Hall–Kier alpha value is -3.48. The van der Waals surface area contributed by atoms with E-state index in [-0.39, 0.29) is 18.4 Å². The molecule has 1 aromatic carbocycles. The molecule has 0 saturated carbocycles. The van der Waals surface area contributed by atoms with E-state index >= 15 is 0 Å². The van der Waals surface area contributed by atoms with E-state index in [9.17, 15) is 9.59 Å². The quantitative estimate of drug-likeness (QED) is 0.698. The Morgan fingerprint density at radius 2 is 2.07 bits per heavy atom. The molecule has 2 aliphatic heterocycles. The number of hydrogen-bond donors (Lipinski definition) is 1. The van der Waals surface area contributed by atoms with E-state index in [0.29, 0.717) is 6.54 Å². The Labute approximate surface area is 161 Å². The van der Waals surface area contributed by atoms with Crippen LogP contribution in [0.2, 0.25) is 0 Å². The summed E-state index contributed by atoms with van der Waals surface area (Å²) in [5.74, 6) is -0.311. The summed E-state index contributed by atoms with van der Waals surface area (Å²) in [6.45, 7) is 2.28. The highest BCUT2D eigenvalue weighted by atomic mass is 16.2. The van der Waals surface area contributed by atoms with Crippen molar-refractivity contribution in [3.05, 3.63) is 65.6 Å². The standard InChI is InChI=1S/C21H19N5O2/c1-21-19-16(15-6-2-3-7-17(15)24-19)8-10-25(21)18(27)13-26(20(21)28)23-12-14-5-4-9-22-11-14/h2-7,9,11-12,24H,8,10,13H2,1H3/b23-12+/t21-/m1/s1. The van der Waals surface area contributed by atoms with Crippen molar-refractivity contribution in [1.29, 1.82) is 0 Å². The van der Waals surface area contributed by atoms with Crippen LogP contribution in [-0.2, 0) is 21.5 Å². The van der Waals surface area contributed by atoms with Gasteiger partial charge in [0.2, 0.25) is 5.91 Å². The fourth-order valence-electron chi connectivity index (χ4n) is 4.27. The van der Waals surface area contributed by atoms with Gasteiger partial charge in [0.05, 0.1) is 11.9 Å². The van der Waals surface area contributed by atoms with E-state index in [1.54, 1.807) is 29.6 Å². The molecule has 2 aliphatic rings. The maximum atomic E-state index is 13.5. The summed E-state index contributed by atoms with van der Waals surface area (Å²) in [5.41, 5.74) is 2.55. The van der Waals surface area contributed by atoms with E-state index in [1.165, 1.54) is 5.01 Å². The lowest BCUT2D eigenvalue weighted by Crippen LogP contribution is -2.65. The van der Waals surface area contributed by atoms with Gasteiger partial charge in [0.1, 0.15) is 6.54 Å². The molecule has 3 aromatic rings. The van der Waals surface area contributed by atoms with Crippen molar-refractivity contribution < 1.29 is 9.59 Å². The fraction of sp³-hybridized carbons (Fsp3) is 0.238. The van der Waals surface area contributed by atoms with Gasteiger partial charge in [-0.3, -0.25) is 14.6 Å². The lowest BCUT2D eigenvalue weighted by molar-refractivity contribution is -0.165. The summed E-state index contributed by atoms with van der Waals surface area (Å²) < 4.78 is 0. The molecule has 1 atom stereocenters. The molecule has 0 aliphatic carbocycles. The zero-order valence-electron chi connectivity index (χ0n) is 15.4. The normalized spacial score (nSPS) is 22.0. The van der Waals surface area contributed by atoms with Crippen LogP contribution >= 0.6 is 0 Å². The number of fused-ring (bicyclic) bond motifs is 5. The van der Waals surface area contributed by atoms with E-state index < -0.39 is 5.54 Å². The number of amides is 2. The summed E-state index contributed by atoms with van der Waals surface area (Å²) in [6, 6.07) is 11.6. The number of nitrogens with zero attached hydrogens (tertiary/aromatic N) is 4. The van der Waals surface area contributed by atoms with Crippen molar-refractivity contribution in [2.24, 2.45) is 5.10 Å². The first-order chi connectivity index (χ1) is 13.6. The summed E-state index contributed by atoms with van der Waals surface area (Å²) in [6.07, 6.45) is 5.62. The number of para-hydroxylation sites is 1. The molecule has 28 heavy (non-hydrogen) atoms. The number of H-pyrrole nitrogens is 1. The van der Waals surface area contributed by atoms with Gasteiger partial charge < -0.3 is 9.88 Å². The predicted molar refractivity (Wildman–Crippen MR) is 105 cm³/mol. The fourth-order valence-corrected chi connectivity index (χ4v) is 4.27. The molecule has 2 amide bonds. The number of aromatic nitrogens is 2. The van der Waals surface area contributed by atoms with Gasteiger partial charge in [-0.15, -0.1) is 0 Å². The minimum absolute atomic E-state index is 0.0548. The smallest absolute Gasteiger partial charge is 0.275 e. The van der Waals surface area contributed by atoms with Crippen LogP contribution in [-0.4, -0.2) is 51.0 Å². The first-order valence-corrected chi connectivity index (χ1v) is 9.25. The van der Waals surface area contributed by atoms with Crippen molar-refractivity contribution in [3.8, 4) is 0 Å². The highest BCUT2D eigenvalue weighted by Crippen LogP contribution is 2.41. The monoisotopic (exact) mass is 373 g/mol. The summed E-state index contributed by atoms with van der Waals surface area (Å²) >= 11 is 0. The zero-order chi connectivity index (χ0) is 19.3. The number of carbonyl (C=O) groups is 2. The number of pyridine rings is 1. The maximum Gasteiger partial charge on any atom is 0.275 e. The first kappa shape index (κ1) is 16.7. The number of aromatic amines is 1. The van der Waals surface area contributed by atoms with Gasteiger partial charge in [0, 0.05) is 35.4 Å². The molecule has 7 heteroatoms. The van der Waals surface area contributed by atoms with Gasteiger partial charge in [-0.2, -0.15) is 5.10 Å². The summed E-state index contributed by atoms with van der Waals surface area (Å²) in [4.78, 5) is 35.5. The van der Waals surface area contributed by atoms with Crippen LogP contribution < -0.4 is 0 Å². The van der Waals surface area contributed by atoms with E-state index in [1.807, 2.05) is 31.2 Å². The topological polar surface area (TPSA) is 81.7 Å². The summed E-state index contributed by atoms with van der Waals surface area (Å²) in [7, 11) is 0. The number of carbonyl (C=O) groups excluding carboxylic acids is 2. The minimum Gasteiger partial charge on any atom is -0.356 e. The SMILES string of the molecule is C[C@@]12C(=O)N(/N=C/c3cccnc3)CC(=O)N1CCc1c2[nH]c2ccccc12. The number of benzene rings is 1. The lowest BCUT2D eigenvalue weighted by atomic mass is 9.83. The molecule has 2 aromatic heterocycles. The van der Waals surface area contributed by atoms with Gasteiger partial charge in [-0.25, -0.2) is 5.01 Å². The van der Waals surface area contributed by atoms with E-state index in [4.69, 9.17) is 0 Å². The van der Waals surface area contributed by atoms with Crippen LogP contribution in [0.15, 0.2) is 53.9 Å². The number of rotatable bonds is 2. The molecule has 140 valence electrons. The van der Waals surface area contributed by atoms with Crippen molar-refractivity contribution in [1.82, 2.24) is 19.9 Å². The van der Waals surface area contributed by atoms with E-state index in [0.717, 1.165) is 34.1 Å². The van der Waals surface area contributed by atoms with Gasteiger partial charge in [0.25, 0.3) is 5.91 Å². The Balaban J connectivity index is 1.59. The average Bonchev–Trinajstić information content (AvgIpc) is 3.11. The third-order valence-corrected chi connectivity index (χ3v) is 5.69. The van der Waals surface area contributed by atoms with Crippen LogP contribution in [0.1, 0.15) is 23.7 Å². The highest BCUT2D eigenvalue weighted by Gasteiger charge is 2.54. The Bertz CT molecular complexity index is 1120. The van der Waals surface area contributed by atoms with Crippen LogP contribution in [0.3, 0.4) is 0 Å². The van der Waals surface area contributed by atoms with Crippen molar-refractivity contribution in [3.63, 3.8) is 0 Å². The molecule has 5 rings (SSSR count). The van der Waals surface area contributed by atoms with Crippen LogP contribution in [0.25, 0.3) is 10.9 Å². The molecule has 0 radical (unpaired) electrons. The zero-order valence-corrected chi connectivity index (χ0v) is 15.4. The van der Waals surface area contributed by atoms with E-state index in [2.05, 4.69) is 21.1 Å². The molecule has 7 nitrogen and oxygen atoms in total. The summed E-state index contributed by atoms with van der Waals surface area (Å²) in [5, 5.41) is 6.68. The highest BCUT2D eigenvalue weighted by molar-refractivity contribution is 6.01. The number of hydrogen-bond acceptors (Lipinski definition) is 4. The van der Waals surface area contributed by atoms with Crippen LogP contribution in [0.5, 0.6) is 0 Å². The van der Waals surface area contributed by atoms with Crippen molar-refractivity contribution >= 4 is 28.9 Å². The third-order valence-electron chi connectivity index (χ3n) is 5.69. The molecule has 0 spiro atoms. The second-order valence-electron chi connectivity index (χ2n) is 7.29. The number of piperazine rings is 1. The van der Waals surface area contributed by atoms with Crippen molar-refractivity contribution in [2.45, 2.75) is 18.9 Å². The molecular formula is C21H19N5O2. The molecule has 0 bridgehead atoms. The van der Waals surface area contributed by atoms with Gasteiger partial charge >= 0.3 is 0 Å². The van der Waals surface area contributed by atoms with Gasteiger partial charge in [-0.1, -0.05) is 24.3 Å². The van der Waals surface area contributed by atoms with Crippen molar-refractivity contribution in [2.75, 3.05) is 13.1 Å². The third kappa shape index (κ3) is 2.29. The lowest BCUT2D eigenvalue weighted by Gasteiger charge is -2.48. The maximum absolute atomic E-state index is 13.5. The van der Waals surface area contributed by atoms with Crippen LogP contribution in [0, 0.1) is 0 Å². The average molecular weight is 373 g/mol. The number of nitrogens with one attached hydrogen (secondary N) is 1. The molecule has 4 heterocycles. The van der Waals surface area contributed by atoms with Gasteiger partial charge in [-0.05, 0) is 31.0 Å². The first-order valence-electron chi connectivity index (χ1n) is 9.25. The number of hydrazone groups is 1. The van der Waals surface area contributed by atoms with Crippen LogP contribution in [0.4, 0.5) is 0 Å². The molecule has 1 N–H and O–H groups in total. The minimum atomic E-state index is -1.09. The Morgan fingerprint density at radius 1 is 1.21 bits per heavy atom. The molecule has 1 saturated heterocycles. The Morgan fingerprint density at radius 3 is 2.89 bits per heavy atom. The second kappa shape index (κ2) is 6.02. The molecule has 1 fully saturated rings. The second-order valence-corrected chi connectivity index (χ2v) is 7.29. The predicted octanol–water partition coefficient (Wildman–Crippen LogP) is 2.04.